The highest BCUT2D eigenvalue weighted by molar-refractivity contribution is 6.00. The monoisotopic (exact) mass is 350 g/mol. The van der Waals surface area contributed by atoms with Crippen molar-refractivity contribution in [1.29, 1.82) is 0 Å². The summed E-state index contributed by atoms with van der Waals surface area (Å²) in [6.07, 6.45) is 1.66. The molecule has 0 aliphatic heterocycles. The molecule has 7 heteroatoms. The normalized spacial score (nSPS) is 10.2. The van der Waals surface area contributed by atoms with Crippen LogP contribution in [0, 0.1) is 0 Å². The average Bonchev–Trinajstić information content (AvgIpc) is 3.13. The maximum atomic E-state index is 12.1. The highest BCUT2D eigenvalue weighted by Gasteiger charge is 2.11. The van der Waals surface area contributed by atoms with E-state index < -0.39 is 5.91 Å². The Labute approximate surface area is 150 Å². The molecule has 0 atom stereocenters. The molecule has 0 spiro atoms. The molecule has 5 N–H and O–H groups in total. The number of methoxy groups -OCH3 is 1. The Balaban J connectivity index is 1.66. The summed E-state index contributed by atoms with van der Waals surface area (Å²) >= 11 is 0. The van der Waals surface area contributed by atoms with Crippen LogP contribution in [0.2, 0.25) is 0 Å². The summed E-state index contributed by atoms with van der Waals surface area (Å²) in [5.74, 6) is 0.192. The first-order chi connectivity index (χ1) is 12.6. The minimum absolute atomic E-state index is 0.350. The van der Waals surface area contributed by atoms with Gasteiger partial charge < -0.3 is 26.1 Å². The first-order valence-corrected chi connectivity index (χ1v) is 7.86. The first kappa shape index (κ1) is 17.1. The van der Waals surface area contributed by atoms with Gasteiger partial charge in [0.1, 0.15) is 11.4 Å². The smallest absolute Gasteiger partial charge is 0.323 e. The molecule has 1 heterocycles. The highest BCUT2D eigenvalue weighted by atomic mass is 16.5. The molecule has 0 saturated heterocycles. The van der Waals surface area contributed by atoms with Crippen LogP contribution in [0.1, 0.15) is 10.5 Å². The van der Waals surface area contributed by atoms with Crippen LogP contribution in [0.25, 0.3) is 11.1 Å². The van der Waals surface area contributed by atoms with Crippen molar-refractivity contribution in [2.45, 2.75) is 0 Å². The van der Waals surface area contributed by atoms with Gasteiger partial charge in [-0.15, -0.1) is 0 Å². The number of ether oxygens (including phenoxy) is 1. The molecule has 0 bridgehead atoms. The van der Waals surface area contributed by atoms with Crippen LogP contribution < -0.4 is 21.1 Å². The Morgan fingerprint density at radius 2 is 1.50 bits per heavy atom. The van der Waals surface area contributed by atoms with Crippen LogP contribution in [0.5, 0.6) is 5.75 Å². The van der Waals surface area contributed by atoms with Crippen LogP contribution >= 0.6 is 0 Å². The number of H-pyrrole nitrogens is 1. The SMILES string of the molecule is COc1ccc(NC(=O)Nc2ccc(-c3cc[nH]c3C(N)=O)cc2)cc1. The molecular formula is C19H18N4O3. The quantitative estimate of drug-likeness (QED) is 0.566. The summed E-state index contributed by atoms with van der Waals surface area (Å²) in [7, 11) is 1.58. The number of aromatic amines is 1. The van der Waals surface area contributed by atoms with Gasteiger partial charge in [-0.25, -0.2) is 4.79 Å². The van der Waals surface area contributed by atoms with Crippen molar-refractivity contribution in [1.82, 2.24) is 4.98 Å². The average molecular weight is 350 g/mol. The fraction of sp³-hybridized carbons (Fsp3) is 0.0526. The number of anilines is 2. The number of rotatable bonds is 5. The van der Waals surface area contributed by atoms with Crippen molar-refractivity contribution in [3.63, 3.8) is 0 Å². The van der Waals surface area contributed by atoms with Gasteiger partial charge in [0.05, 0.1) is 7.11 Å². The number of hydrogen-bond donors (Lipinski definition) is 4. The van der Waals surface area contributed by atoms with Gasteiger partial charge in [0.2, 0.25) is 0 Å². The van der Waals surface area contributed by atoms with E-state index in [1.165, 1.54) is 0 Å². The van der Waals surface area contributed by atoms with Crippen molar-refractivity contribution in [3.8, 4) is 16.9 Å². The molecule has 0 aliphatic carbocycles. The second-order valence-electron chi connectivity index (χ2n) is 5.52. The molecule has 3 aromatic rings. The van der Waals surface area contributed by atoms with Crippen LogP contribution in [0.3, 0.4) is 0 Å². The Kier molecular flexibility index (Phi) is 4.89. The maximum absolute atomic E-state index is 12.1. The van der Waals surface area contributed by atoms with E-state index in [1.807, 2.05) is 0 Å². The van der Waals surface area contributed by atoms with Gasteiger partial charge >= 0.3 is 6.03 Å². The number of primary amides is 1. The molecule has 2 aromatic carbocycles. The summed E-state index contributed by atoms with van der Waals surface area (Å²) in [5, 5.41) is 5.48. The summed E-state index contributed by atoms with van der Waals surface area (Å²) in [6.45, 7) is 0. The van der Waals surface area contributed by atoms with Crippen LogP contribution in [0.15, 0.2) is 60.8 Å². The maximum Gasteiger partial charge on any atom is 0.323 e. The second kappa shape index (κ2) is 7.43. The van der Waals surface area contributed by atoms with Gasteiger partial charge in [-0.1, -0.05) is 12.1 Å². The lowest BCUT2D eigenvalue weighted by Gasteiger charge is -2.09. The highest BCUT2D eigenvalue weighted by Crippen LogP contribution is 2.24. The van der Waals surface area contributed by atoms with Crippen molar-refractivity contribution >= 4 is 23.3 Å². The van der Waals surface area contributed by atoms with E-state index in [4.69, 9.17) is 10.5 Å². The Bertz CT molecular complexity index is 915. The predicted octanol–water partition coefficient (Wildman–Crippen LogP) is 3.43. The Morgan fingerprint density at radius 1 is 0.923 bits per heavy atom. The van der Waals surface area contributed by atoms with E-state index in [-0.39, 0.29) is 6.03 Å². The molecule has 3 amide bonds. The van der Waals surface area contributed by atoms with Gasteiger partial charge in [0.15, 0.2) is 0 Å². The number of aromatic nitrogens is 1. The molecule has 1 aromatic heterocycles. The van der Waals surface area contributed by atoms with Gasteiger partial charge in [0, 0.05) is 23.1 Å². The summed E-state index contributed by atoms with van der Waals surface area (Å²) < 4.78 is 5.08. The lowest BCUT2D eigenvalue weighted by atomic mass is 10.1. The van der Waals surface area contributed by atoms with Gasteiger partial charge in [-0.3, -0.25) is 4.79 Å². The van der Waals surface area contributed by atoms with Crippen molar-refractivity contribution < 1.29 is 14.3 Å². The number of amides is 3. The fourth-order valence-corrected chi connectivity index (χ4v) is 2.51. The number of carbonyl (C=O) groups is 2. The summed E-state index contributed by atoms with van der Waals surface area (Å²) in [4.78, 5) is 26.3. The first-order valence-electron chi connectivity index (χ1n) is 7.86. The largest absolute Gasteiger partial charge is 0.497 e. The summed E-state index contributed by atoms with van der Waals surface area (Å²) in [5.41, 5.74) is 8.50. The van der Waals surface area contributed by atoms with Gasteiger partial charge in [-0.2, -0.15) is 0 Å². The number of urea groups is 1. The number of nitrogens with one attached hydrogen (secondary N) is 3. The van der Waals surface area contributed by atoms with Crippen molar-refractivity contribution in [3.05, 3.63) is 66.5 Å². The number of benzene rings is 2. The van der Waals surface area contributed by atoms with E-state index >= 15 is 0 Å². The minimum atomic E-state index is -0.522. The molecule has 132 valence electrons. The number of hydrogen-bond acceptors (Lipinski definition) is 3. The van der Waals surface area contributed by atoms with Gasteiger partial charge in [-0.05, 0) is 48.0 Å². The standard InChI is InChI=1S/C19H18N4O3/c1-26-15-8-6-14(7-9-15)23-19(25)22-13-4-2-12(3-5-13)16-10-11-21-17(16)18(20)24/h2-11,21H,1H3,(H2,20,24)(H2,22,23,25). The molecule has 0 unspecified atom stereocenters. The fourth-order valence-electron chi connectivity index (χ4n) is 2.51. The number of nitrogens with two attached hydrogens (primary N) is 1. The Morgan fingerprint density at radius 3 is 2.04 bits per heavy atom. The molecule has 0 aliphatic rings. The van der Waals surface area contributed by atoms with Crippen molar-refractivity contribution in [2.24, 2.45) is 5.73 Å². The zero-order valence-electron chi connectivity index (χ0n) is 14.1. The van der Waals surface area contributed by atoms with Crippen LogP contribution in [-0.4, -0.2) is 24.0 Å². The lowest BCUT2D eigenvalue weighted by molar-refractivity contribution is 0.0997. The van der Waals surface area contributed by atoms with Gasteiger partial charge in [0.25, 0.3) is 5.91 Å². The minimum Gasteiger partial charge on any atom is -0.497 e. The molecule has 0 saturated carbocycles. The van der Waals surface area contributed by atoms with Crippen LogP contribution in [-0.2, 0) is 0 Å². The van der Waals surface area contributed by atoms with Crippen LogP contribution in [0.4, 0.5) is 16.2 Å². The van der Waals surface area contributed by atoms with E-state index in [0.29, 0.717) is 28.4 Å². The summed E-state index contributed by atoms with van der Waals surface area (Å²) in [6, 6.07) is 15.5. The molecule has 7 nitrogen and oxygen atoms in total. The molecule has 0 radical (unpaired) electrons. The topological polar surface area (TPSA) is 109 Å². The molecule has 0 fully saturated rings. The predicted molar refractivity (Wildman–Crippen MR) is 100 cm³/mol. The molecule has 3 rings (SSSR count). The molecular weight excluding hydrogens is 332 g/mol. The third-order valence-electron chi connectivity index (χ3n) is 3.80. The third kappa shape index (κ3) is 3.84. The van der Waals surface area contributed by atoms with E-state index in [2.05, 4.69) is 15.6 Å². The molecule has 26 heavy (non-hydrogen) atoms. The zero-order chi connectivity index (χ0) is 18.5. The Hall–Kier alpha value is -3.74. The zero-order valence-corrected chi connectivity index (χ0v) is 14.1. The van der Waals surface area contributed by atoms with Crippen molar-refractivity contribution in [2.75, 3.05) is 17.7 Å². The third-order valence-corrected chi connectivity index (χ3v) is 3.80. The number of carbonyl (C=O) groups excluding carboxylic acids is 2. The van der Waals surface area contributed by atoms with E-state index in [1.54, 1.807) is 67.9 Å². The van der Waals surface area contributed by atoms with E-state index in [0.717, 1.165) is 5.56 Å². The van der Waals surface area contributed by atoms with E-state index in [9.17, 15) is 9.59 Å². The second-order valence-corrected chi connectivity index (χ2v) is 5.52. The lowest BCUT2D eigenvalue weighted by Crippen LogP contribution is -2.19.